The summed E-state index contributed by atoms with van der Waals surface area (Å²) in [5, 5.41) is 16.6. The topological polar surface area (TPSA) is 61.1 Å². The lowest BCUT2D eigenvalue weighted by atomic mass is 10.0. The number of aliphatic hydroxyl groups excluding tert-OH is 1. The first-order chi connectivity index (χ1) is 7.60. The van der Waals surface area contributed by atoms with E-state index in [1.807, 2.05) is 19.1 Å². The van der Waals surface area contributed by atoms with Gasteiger partial charge in [-0.15, -0.1) is 11.8 Å². The number of aryl methyl sites for hydroxylation is 1. The Bertz CT molecular complexity index is 435. The normalized spacial score (nSPS) is 11.2. The number of carbonyl (C=O) groups excluding carboxylic acids is 1. The van der Waals surface area contributed by atoms with Crippen LogP contribution in [-0.2, 0) is 0 Å². The standard InChI is InChI=1S/C12H13NO2S/c1-8-3-5-9(6-4-8)11(15)10(7-14)12(13)16-2/h3-7,13-14H,1-2H3/b10-7+,13-12?. The maximum Gasteiger partial charge on any atom is 0.198 e. The van der Waals surface area contributed by atoms with Crippen molar-refractivity contribution in [2.75, 3.05) is 6.26 Å². The molecule has 3 nitrogen and oxygen atoms in total. The van der Waals surface area contributed by atoms with Gasteiger partial charge in [-0.3, -0.25) is 10.2 Å². The van der Waals surface area contributed by atoms with Gasteiger partial charge in [0.15, 0.2) is 5.78 Å². The quantitative estimate of drug-likeness (QED) is 0.278. The number of ketones is 1. The molecule has 0 atom stereocenters. The van der Waals surface area contributed by atoms with Crippen LogP contribution in [0.5, 0.6) is 0 Å². The van der Waals surface area contributed by atoms with E-state index in [2.05, 4.69) is 0 Å². The van der Waals surface area contributed by atoms with Crippen molar-refractivity contribution >= 4 is 22.6 Å². The van der Waals surface area contributed by atoms with Crippen molar-refractivity contribution in [1.29, 1.82) is 5.41 Å². The summed E-state index contributed by atoms with van der Waals surface area (Å²) in [5.74, 6) is -0.332. The van der Waals surface area contributed by atoms with Crippen molar-refractivity contribution in [3.05, 3.63) is 47.2 Å². The van der Waals surface area contributed by atoms with Gasteiger partial charge < -0.3 is 5.11 Å². The van der Waals surface area contributed by atoms with Crippen LogP contribution in [-0.4, -0.2) is 22.2 Å². The molecule has 0 aromatic heterocycles. The van der Waals surface area contributed by atoms with Gasteiger partial charge in [-0.05, 0) is 13.2 Å². The Morgan fingerprint density at radius 3 is 2.38 bits per heavy atom. The molecule has 0 amide bonds. The first-order valence-corrected chi connectivity index (χ1v) is 5.91. The first-order valence-electron chi connectivity index (χ1n) is 4.68. The van der Waals surface area contributed by atoms with Crippen LogP contribution in [0.25, 0.3) is 0 Å². The highest BCUT2D eigenvalue weighted by atomic mass is 32.2. The third-order valence-electron chi connectivity index (χ3n) is 2.14. The number of aliphatic hydroxyl groups is 1. The Morgan fingerprint density at radius 2 is 1.94 bits per heavy atom. The smallest absolute Gasteiger partial charge is 0.198 e. The third kappa shape index (κ3) is 2.73. The molecule has 0 aliphatic carbocycles. The SMILES string of the molecule is CSC(=N)/C(=C/O)C(=O)c1ccc(C)cc1. The number of hydrogen-bond acceptors (Lipinski definition) is 4. The summed E-state index contributed by atoms with van der Waals surface area (Å²) < 4.78 is 0. The van der Waals surface area contributed by atoms with Crippen molar-refractivity contribution in [3.63, 3.8) is 0 Å². The summed E-state index contributed by atoms with van der Waals surface area (Å²) in [6.07, 6.45) is 2.38. The molecule has 0 saturated heterocycles. The van der Waals surface area contributed by atoms with Crippen LogP contribution in [0.15, 0.2) is 36.1 Å². The highest BCUT2D eigenvalue weighted by molar-refractivity contribution is 8.13. The van der Waals surface area contributed by atoms with E-state index < -0.39 is 0 Å². The fraction of sp³-hybridized carbons (Fsp3) is 0.167. The van der Waals surface area contributed by atoms with E-state index in [4.69, 9.17) is 10.5 Å². The molecule has 0 aliphatic heterocycles. The molecule has 2 N–H and O–H groups in total. The van der Waals surface area contributed by atoms with Gasteiger partial charge in [-0.25, -0.2) is 0 Å². The second-order valence-corrected chi connectivity index (χ2v) is 4.09. The Hall–Kier alpha value is -1.55. The zero-order valence-corrected chi connectivity index (χ0v) is 9.97. The summed E-state index contributed by atoms with van der Waals surface area (Å²) in [7, 11) is 0. The predicted octanol–water partition coefficient (Wildman–Crippen LogP) is 2.96. The average molecular weight is 235 g/mol. The molecule has 0 heterocycles. The second kappa shape index (κ2) is 5.51. The number of carbonyl (C=O) groups is 1. The van der Waals surface area contributed by atoms with Gasteiger partial charge in [-0.2, -0.15) is 0 Å². The van der Waals surface area contributed by atoms with Crippen LogP contribution in [0.3, 0.4) is 0 Å². The van der Waals surface area contributed by atoms with Gasteiger partial charge in [0.25, 0.3) is 0 Å². The molecule has 0 spiro atoms. The Balaban J connectivity index is 3.01. The van der Waals surface area contributed by atoms with Crippen LogP contribution in [0, 0.1) is 12.3 Å². The van der Waals surface area contributed by atoms with E-state index in [9.17, 15) is 4.79 Å². The molecule has 0 aliphatic rings. The highest BCUT2D eigenvalue weighted by Gasteiger charge is 2.16. The zero-order valence-electron chi connectivity index (χ0n) is 9.15. The molecule has 16 heavy (non-hydrogen) atoms. The van der Waals surface area contributed by atoms with Crippen molar-refractivity contribution in [3.8, 4) is 0 Å². The average Bonchev–Trinajstić information content (AvgIpc) is 2.30. The molecule has 0 radical (unpaired) electrons. The van der Waals surface area contributed by atoms with Gasteiger partial charge in [0.1, 0.15) is 5.04 Å². The maximum absolute atomic E-state index is 11.9. The van der Waals surface area contributed by atoms with Gasteiger partial charge in [0.05, 0.1) is 11.8 Å². The van der Waals surface area contributed by atoms with Gasteiger partial charge >= 0.3 is 0 Å². The van der Waals surface area contributed by atoms with E-state index >= 15 is 0 Å². The molecule has 0 saturated carbocycles. The zero-order chi connectivity index (χ0) is 12.1. The number of nitrogens with one attached hydrogen (secondary N) is 1. The van der Waals surface area contributed by atoms with E-state index in [0.717, 1.165) is 17.3 Å². The predicted molar refractivity (Wildman–Crippen MR) is 67.5 cm³/mol. The number of rotatable bonds is 3. The Kier molecular flexibility index (Phi) is 4.31. The van der Waals surface area contributed by atoms with Crippen LogP contribution in [0.1, 0.15) is 15.9 Å². The van der Waals surface area contributed by atoms with Crippen molar-refractivity contribution in [2.45, 2.75) is 6.92 Å². The summed E-state index contributed by atoms with van der Waals surface area (Å²) in [5.41, 5.74) is 1.56. The minimum Gasteiger partial charge on any atom is -0.515 e. The summed E-state index contributed by atoms with van der Waals surface area (Å²) in [6, 6.07) is 7.03. The van der Waals surface area contributed by atoms with E-state index in [0.29, 0.717) is 11.8 Å². The summed E-state index contributed by atoms with van der Waals surface area (Å²) >= 11 is 1.12. The van der Waals surface area contributed by atoms with Gasteiger partial charge in [0.2, 0.25) is 0 Å². The number of hydrogen-bond donors (Lipinski definition) is 2. The largest absolute Gasteiger partial charge is 0.515 e. The Labute approximate surface area is 98.7 Å². The van der Waals surface area contributed by atoms with Crippen LogP contribution >= 0.6 is 11.8 Å². The molecular weight excluding hydrogens is 222 g/mol. The minimum absolute atomic E-state index is 0.0244. The Morgan fingerprint density at radius 1 is 1.38 bits per heavy atom. The molecule has 4 heteroatoms. The van der Waals surface area contributed by atoms with E-state index in [-0.39, 0.29) is 16.4 Å². The molecule has 0 fully saturated rings. The monoisotopic (exact) mass is 235 g/mol. The first kappa shape index (κ1) is 12.5. The third-order valence-corrected chi connectivity index (χ3v) is 2.76. The lowest BCUT2D eigenvalue weighted by Gasteiger charge is -2.05. The van der Waals surface area contributed by atoms with Gasteiger partial charge in [0, 0.05) is 5.56 Å². The molecule has 0 unspecified atom stereocenters. The van der Waals surface area contributed by atoms with Crippen molar-refractivity contribution in [1.82, 2.24) is 0 Å². The van der Waals surface area contributed by atoms with Crippen LogP contribution in [0.2, 0.25) is 0 Å². The molecule has 84 valence electrons. The number of thioether (sulfide) groups is 1. The van der Waals surface area contributed by atoms with Gasteiger partial charge in [-0.1, -0.05) is 29.8 Å². The van der Waals surface area contributed by atoms with Crippen LogP contribution in [0.4, 0.5) is 0 Å². The molecule has 0 bridgehead atoms. The lowest BCUT2D eigenvalue weighted by molar-refractivity contribution is 0.103. The van der Waals surface area contributed by atoms with Crippen molar-refractivity contribution in [2.24, 2.45) is 0 Å². The molecular formula is C12H13NO2S. The lowest BCUT2D eigenvalue weighted by Crippen LogP contribution is -2.10. The number of benzene rings is 1. The minimum atomic E-state index is -0.332. The van der Waals surface area contributed by atoms with E-state index in [1.54, 1.807) is 18.4 Å². The molecule has 1 aromatic carbocycles. The number of Topliss-reactive ketones (excluding diaryl/α,β-unsaturated/α-hetero) is 1. The fourth-order valence-corrected chi connectivity index (χ4v) is 1.56. The maximum atomic E-state index is 11.9. The van der Waals surface area contributed by atoms with Crippen molar-refractivity contribution < 1.29 is 9.90 Å². The highest BCUT2D eigenvalue weighted by Crippen LogP contribution is 2.14. The summed E-state index contributed by atoms with van der Waals surface area (Å²) in [4.78, 5) is 11.9. The van der Waals surface area contributed by atoms with E-state index in [1.165, 1.54) is 0 Å². The fourth-order valence-electron chi connectivity index (χ4n) is 1.19. The molecule has 1 aromatic rings. The summed E-state index contributed by atoms with van der Waals surface area (Å²) in [6.45, 7) is 1.93. The molecule has 1 rings (SSSR count). The second-order valence-electron chi connectivity index (χ2n) is 3.27. The van der Waals surface area contributed by atoms with Crippen LogP contribution < -0.4 is 0 Å².